The van der Waals surface area contributed by atoms with E-state index >= 15 is 0 Å². The number of halogens is 1. The average molecular weight is 440 g/mol. The van der Waals surface area contributed by atoms with Crippen molar-refractivity contribution in [2.45, 2.75) is 11.3 Å². The number of benzene rings is 1. The second-order valence-electron chi connectivity index (χ2n) is 6.17. The highest BCUT2D eigenvalue weighted by atomic mass is 79.9. The summed E-state index contributed by atoms with van der Waals surface area (Å²) in [4.78, 5) is 6.59. The average Bonchev–Trinajstić information content (AvgIpc) is 2.68. The van der Waals surface area contributed by atoms with Crippen LogP contribution in [0.15, 0.2) is 52.0 Å². The fourth-order valence-corrected chi connectivity index (χ4v) is 4.37. The molecule has 0 atom stereocenters. The van der Waals surface area contributed by atoms with E-state index in [-0.39, 0.29) is 4.90 Å². The number of anilines is 1. The number of hydrogen-bond donors (Lipinski definition) is 0. The molecule has 0 unspecified atom stereocenters. The molecule has 0 saturated carbocycles. The van der Waals surface area contributed by atoms with Crippen molar-refractivity contribution in [1.82, 2.24) is 9.29 Å². The van der Waals surface area contributed by atoms with Crippen LogP contribution >= 0.6 is 15.9 Å². The van der Waals surface area contributed by atoms with Crippen LogP contribution in [0.3, 0.4) is 0 Å². The summed E-state index contributed by atoms with van der Waals surface area (Å²) in [6.07, 6.45) is 2.33. The first-order valence-electron chi connectivity index (χ1n) is 8.46. The van der Waals surface area contributed by atoms with Crippen LogP contribution in [0.2, 0.25) is 0 Å². The maximum atomic E-state index is 12.6. The van der Waals surface area contributed by atoms with Gasteiger partial charge in [0.05, 0.1) is 13.2 Å². The molecule has 0 bridgehead atoms. The number of hydrogen-bond acceptors (Lipinski definition) is 5. The van der Waals surface area contributed by atoms with E-state index in [2.05, 4.69) is 33.0 Å². The molecule has 6 nitrogen and oxygen atoms in total. The smallest absolute Gasteiger partial charge is 0.244 e. The van der Waals surface area contributed by atoms with Gasteiger partial charge in [-0.25, -0.2) is 13.4 Å². The van der Waals surface area contributed by atoms with Gasteiger partial charge in [0, 0.05) is 37.4 Å². The van der Waals surface area contributed by atoms with Gasteiger partial charge in [0.25, 0.3) is 0 Å². The minimum atomic E-state index is -3.50. The highest BCUT2D eigenvalue weighted by Crippen LogP contribution is 2.19. The number of pyridine rings is 1. The van der Waals surface area contributed by atoms with Crippen molar-refractivity contribution in [2.24, 2.45) is 0 Å². The third-order valence-corrected chi connectivity index (χ3v) is 6.78. The molecule has 0 amide bonds. The standard InChI is InChI=1S/C18H22BrN3O3S/c1-21(9-8-15-2-4-16(19)5-3-15)18-7-6-17(14-20-18)26(23,24)22-10-12-25-13-11-22/h2-7,14H,8-13H2,1H3. The minimum Gasteiger partial charge on any atom is -0.379 e. The van der Waals surface area contributed by atoms with Crippen LogP contribution in [0.25, 0.3) is 0 Å². The predicted octanol–water partition coefficient (Wildman–Crippen LogP) is 2.54. The molecular weight excluding hydrogens is 418 g/mol. The zero-order valence-corrected chi connectivity index (χ0v) is 17.0. The normalized spacial score (nSPS) is 15.8. The highest BCUT2D eigenvalue weighted by molar-refractivity contribution is 9.10. The molecular formula is C18H22BrN3O3S. The maximum Gasteiger partial charge on any atom is 0.244 e. The molecule has 0 aliphatic carbocycles. The van der Waals surface area contributed by atoms with E-state index < -0.39 is 10.0 Å². The Balaban J connectivity index is 1.63. The fourth-order valence-electron chi connectivity index (χ4n) is 2.75. The molecule has 8 heteroatoms. The predicted molar refractivity (Wildman–Crippen MR) is 105 cm³/mol. The summed E-state index contributed by atoms with van der Waals surface area (Å²) in [5.41, 5.74) is 1.24. The number of ether oxygens (including phenoxy) is 1. The Morgan fingerprint density at radius 2 is 1.85 bits per heavy atom. The summed E-state index contributed by atoms with van der Waals surface area (Å²) in [7, 11) is -1.54. The Labute approximate surface area is 163 Å². The summed E-state index contributed by atoms with van der Waals surface area (Å²) in [6.45, 7) is 2.44. The lowest BCUT2D eigenvalue weighted by Gasteiger charge is -2.26. The number of nitrogens with zero attached hydrogens (tertiary/aromatic N) is 3. The van der Waals surface area contributed by atoms with Gasteiger partial charge in [-0.2, -0.15) is 4.31 Å². The van der Waals surface area contributed by atoms with Crippen molar-refractivity contribution < 1.29 is 13.2 Å². The van der Waals surface area contributed by atoms with Crippen LogP contribution in [-0.2, 0) is 21.2 Å². The second kappa shape index (κ2) is 8.47. The van der Waals surface area contributed by atoms with E-state index in [0.29, 0.717) is 26.3 Å². The molecule has 2 aromatic rings. The van der Waals surface area contributed by atoms with E-state index in [9.17, 15) is 8.42 Å². The van der Waals surface area contributed by atoms with E-state index in [1.165, 1.54) is 16.1 Å². The van der Waals surface area contributed by atoms with Gasteiger partial charge in [0.15, 0.2) is 0 Å². The van der Waals surface area contributed by atoms with E-state index in [4.69, 9.17) is 4.74 Å². The van der Waals surface area contributed by atoms with Crippen molar-refractivity contribution in [3.8, 4) is 0 Å². The quantitative estimate of drug-likeness (QED) is 0.691. The maximum absolute atomic E-state index is 12.6. The lowest BCUT2D eigenvalue weighted by Crippen LogP contribution is -2.40. The number of aromatic nitrogens is 1. The van der Waals surface area contributed by atoms with Gasteiger partial charge < -0.3 is 9.64 Å². The summed E-state index contributed by atoms with van der Waals surface area (Å²) < 4.78 is 33.0. The van der Waals surface area contributed by atoms with Crippen molar-refractivity contribution in [2.75, 3.05) is 44.8 Å². The van der Waals surface area contributed by atoms with Gasteiger partial charge in [0.1, 0.15) is 10.7 Å². The van der Waals surface area contributed by atoms with Crippen LogP contribution in [-0.4, -0.2) is 57.6 Å². The fraction of sp³-hybridized carbons (Fsp3) is 0.389. The van der Waals surface area contributed by atoms with Crippen LogP contribution in [0.1, 0.15) is 5.56 Å². The summed E-state index contributed by atoms with van der Waals surface area (Å²) >= 11 is 3.43. The summed E-state index contributed by atoms with van der Waals surface area (Å²) in [5.74, 6) is 0.753. The second-order valence-corrected chi connectivity index (χ2v) is 9.02. The van der Waals surface area contributed by atoms with Gasteiger partial charge >= 0.3 is 0 Å². The number of likely N-dealkylation sites (N-methyl/N-ethyl adjacent to an activating group) is 1. The Hall–Kier alpha value is -1.48. The first kappa shape index (κ1) is 19.3. The summed E-state index contributed by atoms with van der Waals surface area (Å²) in [5, 5.41) is 0. The molecule has 26 heavy (non-hydrogen) atoms. The van der Waals surface area contributed by atoms with Gasteiger partial charge in [-0.15, -0.1) is 0 Å². The van der Waals surface area contributed by atoms with Gasteiger partial charge in [-0.05, 0) is 36.2 Å². The third kappa shape index (κ3) is 4.62. The number of rotatable bonds is 6. The van der Waals surface area contributed by atoms with E-state index in [1.54, 1.807) is 12.1 Å². The van der Waals surface area contributed by atoms with Crippen LogP contribution in [0.4, 0.5) is 5.82 Å². The number of morpholine rings is 1. The third-order valence-electron chi connectivity index (χ3n) is 4.37. The number of sulfonamides is 1. The van der Waals surface area contributed by atoms with Crippen molar-refractivity contribution >= 4 is 31.8 Å². The van der Waals surface area contributed by atoms with Crippen molar-refractivity contribution in [1.29, 1.82) is 0 Å². The molecule has 1 saturated heterocycles. The molecule has 0 N–H and O–H groups in total. The zero-order valence-electron chi connectivity index (χ0n) is 14.6. The zero-order chi connectivity index (χ0) is 18.6. The minimum absolute atomic E-state index is 0.226. The Bertz CT molecular complexity index is 820. The van der Waals surface area contributed by atoms with E-state index in [1.807, 2.05) is 24.1 Å². The van der Waals surface area contributed by atoms with Crippen LogP contribution < -0.4 is 4.90 Å². The summed E-state index contributed by atoms with van der Waals surface area (Å²) in [6, 6.07) is 11.6. The molecule has 2 heterocycles. The largest absolute Gasteiger partial charge is 0.379 e. The first-order chi connectivity index (χ1) is 12.5. The molecule has 1 aliphatic heterocycles. The molecule has 1 aliphatic rings. The topological polar surface area (TPSA) is 62.7 Å². The van der Waals surface area contributed by atoms with Crippen LogP contribution in [0, 0.1) is 0 Å². The highest BCUT2D eigenvalue weighted by Gasteiger charge is 2.26. The molecule has 1 aromatic carbocycles. The van der Waals surface area contributed by atoms with Crippen molar-refractivity contribution in [3.63, 3.8) is 0 Å². The molecule has 0 radical (unpaired) electrons. The van der Waals surface area contributed by atoms with Gasteiger partial charge in [-0.1, -0.05) is 28.1 Å². The molecule has 1 aromatic heterocycles. The van der Waals surface area contributed by atoms with Crippen molar-refractivity contribution in [3.05, 3.63) is 52.6 Å². The first-order valence-corrected chi connectivity index (χ1v) is 10.7. The molecule has 0 spiro atoms. The van der Waals surface area contributed by atoms with Gasteiger partial charge in [0.2, 0.25) is 10.0 Å². The molecule has 1 fully saturated rings. The molecule has 140 valence electrons. The SMILES string of the molecule is CN(CCc1ccc(Br)cc1)c1ccc(S(=O)(=O)N2CCOCC2)cn1. The lowest BCUT2D eigenvalue weighted by molar-refractivity contribution is 0.0730. The Morgan fingerprint density at radius 3 is 2.46 bits per heavy atom. The Kier molecular flexibility index (Phi) is 6.29. The van der Waals surface area contributed by atoms with E-state index in [0.717, 1.165) is 23.3 Å². The van der Waals surface area contributed by atoms with Crippen LogP contribution in [0.5, 0.6) is 0 Å². The molecule has 3 rings (SSSR count). The monoisotopic (exact) mass is 439 g/mol. The Morgan fingerprint density at radius 1 is 1.15 bits per heavy atom. The lowest BCUT2D eigenvalue weighted by atomic mass is 10.1. The van der Waals surface area contributed by atoms with Gasteiger partial charge in [-0.3, -0.25) is 0 Å².